The maximum absolute atomic E-state index is 11.0. The third-order valence-corrected chi connectivity index (χ3v) is 2.82. The first-order valence-electron chi connectivity index (χ1n) is 4.25. The van der Waals surface area contributed by atoms with Crippen molar-refractivity contribution in [1.82, 2.24) is 0 Å². The van der Waals surface area contributed by atoms with Gasteiger partial charge in [0.2, 0.25) is 0 Å². The molecular formula is C8H7NO8S. The molecule has 0 fully saturated rings. The van der Waals surface area contributed by atoms with Crippen LogP contribution in [0.25, 0.3) is 0 Å². The van der Waals surface area contributed by atoms with Crippen LogP contribution in [-0.4, -0.2) is 36.1 Å². The molecule has 0 aliphatic rings. The lowest BCUT2D eigenvalue weighted by Gasteiger charge is -2.08. The van der Waals surface area contributed by atoms with E-state index in [1.165, 1.54) is 0 Å². The van der Waals surface area contributed by atoms with Crippen LogP contribution in [0.5, 0.6) is 5.75 Å². The second-order valence-corrected chi connectivity index (χ2v) is 4.45. The van der Waals surface area contributed by atoms with Gasteiger partial charge in [0, 0.05) is 12.1 Å². The lowest BCUT2D eigenvalue weighted by molar-refractivity contribution is -0.385. The summed E-state index contributed by atoms with van der Waals surface area (Å²) in [6.45, 7) is 0. The second kappa shape index (κ2) is 4.58. The fourth-order valence-electron chi connectivity index (χ4n) is 1.25. The molecule has 0 aliphatic heterocycles. The van der Waals surface area contributed by atoms with Crippen LogP contribution in [0.2, 0.25) is 0 Å². The molecule has 1 aromatic carbocycles. The number of carbonyl (C=O) groups is 1. The van der Waals surface area contributed by atoms with Crippen LogP contribution in [-0.2, 0) is 10.1 Å². The van der Waals surface area contributed by atoms with Crippen LogP contribution >= 0.6 is 0 Å². The van der Waals surface area contributed by atoms with E-state index in [1.54, 1.807) is 0 Å². The Balaban J connectivity index is 3.78. The SMILES string of the molecule is COc1c(C(=O)O)cc([N+](=O)[O-])cc1S(=O)(=O)O. The number of hydrogen-bond acceptors (Lipinski definition) is 6. The molecule has 18 heavy (non-hydrogen) atoms. The lowest BCUT2D eigenvalue weighted by atomic mass is 10.2. The van der Waals surface area contributed by atoms with E-state index in [0.29, 0.717) is 12.1 Å². The van der Waals surface area contributed by atoms with Gasteiger partial charge in [0.1, 0.15) is 10.5 Å². The van der Waals surface area contributed by atoms with Crippen LogP contribution in [0.3, 0.4) is 0 Å². The van der Waals surface area contributed by atoms with Crippen LogP contribution in [0.4, 0.5) is 5.69 Å². The number of benzene rings is 1. The average molecular weight is 277 g/mol. The maximum Gasteiger partial charge on any atom is 0.339 e. The molecule has 0 saturated heterocycles. The predicted molar refractivity (Wildman–Crippen MR) is 56.4 cm³/mol. The number of nitro benzene ring substituents is 1. The van der Waals surface area contributed by atoms with Gasteiger partial charge < -0.3 is 9.84 Å². The largest absolute Gasteiger partial charge is 0.494 e. The third-order valence-electron chi connectivity index (χ3n) is 1.96. The van der Waals surface area contributed by atoms with Crippen molar-refractivity contribution in [1.29, 1.82) is 0 Å². The number of nitro groups is 1. The Bertz CT molecular complexity index is 620. The third kappa shape index (κ3) is 2.55. The van der Waals surface area contributed by atoms with Gasteiger partial charge in [-0.25, -0.2) is 4.79 Å². The van der Waals surface area contributed by atoms with Gasteiger partial charge in [-0.15, -0.1) is 0 Å². The van der Waals surface area contributed by atoms with Gasteiger partial charge in [0.25, 0.3) is 15.8 Å². The molecule has 0 radical (unpaired) electrons. The number of rotatable bonds is 4. The standard InChI is InChI=1S/C8H7NO8S/c1-17-7-5(8(10)11)2-4(9(12)13)3-6(7)18(14,15)16/h2-3H,1H3,(H,10,11)(H,14,15,16). The normalized spacial score (nSPS) is 11.0. The molecule has 2 N–H and O–H groups in total. The minimum atomic E-state index is -4.85. The Morgan fingerprint density at radius 3 is 2.33 bits per heavy atom. The minimum Gasteiger partial charge on any atom is -0.494 e. The van der Waals surface area contributed by atoms with Gasteiger partial charge in [-0.05, 0) is 0 Å². The number of carboxylic acid groups (broad SMARTS) is 1. The summed E-state index contributed by atoms with van der Waals surface area (Å²) in [6, 6.07) is 1.15. The molecule has 0 aliphatic carbocycles. The Labute approximate surface area is 101 Å². The number of carboxylic acids is 1. The molecule has 9 nitrogen and oxygen atoms in total. The molecule has 0 saturated carbocycles. The van der Waals surface area contributed by atoms with Gasteiger partial charge in [-0.2, -0.15) is 8.42 Å². The molecule has 1 aromatic rings. The molecule has 0 heterocycles. The molecule has 0 aromatic heterocycles. The summed E-state index contributed by atoms with van der Waals surface area (Å²) >= 11 is 0. The smallest absolute Gasteiger partial charge is 0.339 e. The first-order valence-corrected chi connectivity index (χ1v) is 5.69. The molecule has 98 valence electrons. The van der Waals surface area contributed by atoms with Gasteiger partial charge in [-0.1, -0.05) is 0 Å². The van der Waals surface area contributed by atoms with E-state index >= 15 is 0 Å². The van der Waals surface area contributed by atoms with Gasteiger partial charge >= 0.3 is 5.97 Å². The highest BCUT2D eigenvalue weighted by Crippen LogP contribution is 2.32. The van der Waals surface area contributed by atoms with Gasteiger partial charge in [0.15, 0.2) is 5.75 Å². The summed E-state index contributed by atoms with van der Waals surface area (Å²) in [4.78, 5) is 19.4. The zero-order chi connectivity index (χ0) is 14.1. The van der Waals surface area contributed by atoms with Crippen molar-refractivity contribution in [2.75, 3.05) is 7.11 Å². The summed E-state index contributed by atoms with van der Waals surface area (Å²) in [5.41, 5.74) is -1.53. The van der Waals surface area contributed by atoms with E-state index in [-0.39, 0.29) is 0 Å². The van der Waals surface area contributed by atoms with Crippen LogP contribution in [0, 0.1) is 10.1 Å². The molecule has 0 atom stereocenters. The fourth-order valence-corrected chi connectivity index (χ4v) is 1.95. The lowest BCUT2D eigenvalue weighted by Crippen LogP contribution is -2.08. The van der Waals surface area contributed by atoms with Crippen LogP contribution in [0.15, 0.2) is 17.0 Å². The van der Waals surface area contributed by atoms with Crippen molar-refractivity contribution in [3.63, 3.8) is 0 Å². The van der Waals surface area contributed by atoms with Gasteiger partial charge in [0.05, 0.1) is 12.0 Å². The number of ether oxygens (including phenoxy) is 1. The summed E-state index contributed by atoms with van der Waals surface area (Å²) in [5.74, 6) is -2.30. The summed E-state index contributed by atoms with van der Waals surface area (Å²) in [6.07, 6.45) is 0. The topological polar surface area (TPSA) is 144 Å². The van der Waals surface area contributed by atoms with E-state index in [1.807, 2.05) is 0 Å². The van der Waals surface area contributed by atoms with Crippen molar-refractivity contribution in [2.24, 2.45) is 0 Å². The molecule has 0 bridgehead atoms. The summed E-state index contributed by atoms with van der Waals surface area (Å²) in [5, 5.41) is 19.4. The molecular weight excluding hydrogens is 270 g/mol. The van der Waals surface area contributed by atoms with Crippen molar-refractivity contribution < 1.29 is 32.5 Å². The van der Waals surface area contributed by atoms with E-state index < -0.39 is 42.9 Å². The van der Waals surface area contributed by atoms with E-state index in [2.05, 4.69) is 4.74 Å². The molecule has 10 heteroatoms. The highest BCUT2D eigenvalue weighted by molar-refractivity contribution is 7.86. The van der Waals surface area contributed by atoms with E-state index in [0.717, 1.165) is 7.11 Å². The first-order chi connectivity index (χ1) is 8.18. The number of hydrogen-bond donors (Lipinski definition) is 2. The highest BCUT2D eigenvalue weighted by atomic mass is 32.2. The minimum absolute atomic E-state index is 0.514. The highest BCUT2D eigenvalue weighted by Gasteiger charge is 2.27. The Morgan fingerprint density at radius 1 is 1.44 bits per heavy atom. The average Bonchev–Trinajstić information content (AvgIpc) is 2.25. The van der Waals surface area contributed by atoms with E-state index in [4.69, 9.17) is 9.66 Å². The summed E-state index contributed by atoms with van der Waals surface area (Å²) in [7, 11) is -3.88. The molecule has 0 unspecified atom stereocenters. The Hall–Kier alpha value is -2.20. The Morgan fingerprint density at radius 2 is 2.00 bits per heavy atom. The maximum atomic E-state index is 11.0. The van der Waals surface area contributed by atoms with Crippen molar-refractivity contribution in [2.45, 2.75) is 4.90 Å². The number of non-ortho nitro benzene ring substituents is 1. The summed E-state index contributed by atoms with van der Waals surface area (Å²) < 4.78 is 35.5. The van der Waals surface area contributed by atoms with Crippen molar-refractivity contribution in [3.05, 3.63) is 27.8 Å². The number of nitrogens with zero attached hydrogens (tertiary/aromatic N) is 1. The monoisotopic (exact) mass is 277 g/mol. The number of methoxy groups -OCH3 is 1. The second-order valence-electron chi connectivity index (χ2n) is 3.06. The van der Waals surface area contributed by atoms with Crippen LogP contribution in [0.1, 0.15) is 10.4 Å². The zero-order valence-corrected chi connectivity index (χ0v) is 9.67. The van der Waals surface area contributed by atoms with E-state index in [9.17, 15) is 23.3 Å². The van der Waals surface area contributed by atoms with Gasteiger partial charge in [-0.3, -0.25) is 14.7 Å². The number of aromatic carboxylic acids is 1. The molecule has 0 spiro atoms. The van der Waals surface area contributed by atoms with Crippen molar-refractivity contribution in [3.8, 4) is 5.75 Å². The fraction of sp³-hybridized carbons (Fsp3) is 0.125. The molecule has 1 rings (SSSR count). The zero-order valence-electron chi connectivity index (χ0n) is 8.85. The quantitative estimate of drug-likeness (QED) is 0.461. The van der Waals surface area contributed by atoms with Crippen LogP contribution < -0.4 is 4.74 Å². The molecule has 0 amide bonds. The first kappa shape index (κ1) is 13.9. The predicted octanol–water partition coefficient (Wildman–Crippen LogP) is 0.548. The van der Waals surface area contributed by atoms with Crippen molar-refractivity contribution >= 4 is 21.8 Å². The Kier molecular flexibility index (Phi) is 3.53.